The Balaban J connectivity index is 1.58. The fourth-order valence-corrected chi connectivity index (χ4v) is 4.01. The highest BCUT2D eigenvalue weighted by Crippen LogP contribution is 2.32. The van der Waals surface area contributed by atoms with E-state index in [-0.39, 0.29) is 12.6 Å². The van der Waals surface area contributed by atoms with E-state index in [2.05, 4.69) is 24.9 Å². The van der Waals surface area contributed by atoms with Crippen molar-refractivity contribution < 1.29 is 23.9 Å². The number of methoxy groups -OCH3 is 3. The average Bonchev–Trinajstić information content (AvgIpc) is 3.33. The summed E-state index contributed by atoms with van der Waals surface area (Å²) in [7, 11) is 4.89. The molecule has 0 aliphatic heterocycles. The molecule has 9 heteroatoms. The molecule has 0 unspecified atom stereocenters. The van der Waals surface area contributed by atoms with E-state index >= 15 is 0 Å². The van der Waals surface area contributed by atoms with Crippen LogP contribution in [0.4, 0.5) is 5.95 Å². The number of nitro groups is 1. The molecule has 35 heavy (non-hydrogen) atoms. The molecule has 9 nitrogen and oxygen atoms in total. The van der Waals surface area contributed by atoms with Gasteiger partial charge in [0, 0.05) is 0 Å². The summed E-state index contributed by atoms with van der Waals surface area (Å²) in [4.78, 5) is 14.2. The summed E-state index contributed by atoms with van der Waals surface area (Å²) in [6.07, 6.45) is 4.79. The van der Waals surface area contributed by atoms with Crippen LogP contribution in [0.15, 0.2) is 48.8 Å². The molecule has 0 aliphatic carbocycles. The van der Waals surface area contributed by atoms with Crippen molar-refractivity contribution in [1.29, 1.82) is 0 Å². The zero-order chi connectivity index (χ0) is 25.4. The Morgan fingerprint density at radius 1 is 0.886 bits per heavy atom. The lowest BCUT2D eigenvalue weighted by atomic mass is 9.85. The monoisotopic (exact) mass is 483 g/mol. The van der Waals surface area contributed by atoms with Gasteiger partial charge in [-0.25, -0.2) is 4.57 Å². The number of nitrogens with zero attached hydrogens (tertiary/aromatic N) is 3. The Morgan fingerprint density at radius 2 is 1.43 bits per heavy atom. The van der Waals surface area contributed by atoms with Crippen molar-refractivity contribution in [2.75, 3.05) is 27.9 Å². The van der Waals surface area contributed by atoms with Gasteiger partial charge >= 0.3 is 5.95 Å². The number of hydrogen-bond donors (Lipinski definition) is 0. The van der Waals surface area contributed by atoms with Crippen LogP contribution in [0, 0.1) is 22.0 Å². The van der Waals surface area contributed by atoms with Gasteiger partial charge in [-0.2, -0.15) is 0 Å². The molecule has 0 fully saturated rings. The van der Waals surface area contributed by atoms with Gasteiger partial charge < -0.3 is 29.1 Å². The molecule has 0 amide bonds. The first-order chi connectivity index (χ1) is 16.9. The van der Waals surface area contributed by atoms with Crippen LogP contribution < -0.4 is 18.9 Å². The summed E-state index contributed by atoms with van der Waals surface area (Å²) >= 11 is 0. The van der Waals surface area contributed by atoms with Crippen LogP contribution in [0.5, 0.6) is 23.0 Å². The summed E-state index contributed by atoms with van der Waals surface area (Å²) in [5, 5.41) is 11.0. The zero-order valence-corrected chi connectivity index (χ0v) is 20.9. The van der Waals surface area contributed by atoms with E-state index in [0.29, 0.717) is 29.9 Å². The molecular weight excluding hydrogens is 450 g/mol. The third kappa shape index (κ3) is 6.65. The minimum Gasteiger partial charge on any atom is -0.493 e. The minimum absolute atomic E-state index is 0.202. The molecule has 0 bridgehead atoms. The lowest BCUT2D eigenvalue weighted by Gasteiger charge is -2.21. The third-order valence-electron chi connectivity index (χ3n) is 6.21. The largest absolute Gasteiger partial charge is 0.493 e. The number of rotatable bonds is 13. The van der Waals surface area contributed by atoms with Crippen LogP contribution in [0.3, 0.4) is 0 Å². The average molecular weight is 484 g/mol. The maximum absolute atomic E-state index is 11.0. The second-order valence-electron chi connectivity index (χ2n) is 8.56. The van der Waals surface area contributed by atoms with Crippen molar-refractivity contribution in [3.05, 3.63) is 70.0 Å². The first kappa shape index (κ1) is 25.9. The maximum Gasteiger partial charge on any atom is 0.434 e. The van der Waals surface area contributed by atoms with Crippen molar-refractivity contribution in [1.82, 2.24) is 9.55 Å². The highest BCUT2D eigenvalue weighted by molar-refractivity contribution is 5.44. The highest BCUT2D eigenvalue weighted by atomic mass is 16.6. The smallest absolute Gasteiger partial charge is 0.434 e. The van der Waals surface area contributed by atoms with Gasteiger partial charge in [-0.15, -0.1) is 0 Å². The third-order valence-corrected chi connectivity index (χ3v) is 6.21. The second-order valence-corrected chi connectivity index (χ2v) is 8.56. The van der Waals surface area contributed by atoms with E-state index in [1.807, 2.05) is 30.3 Å². The fraction of sp³-hybridized carbons (Fsp3) is 0.423. The number of benzene rings is 2. The van der Waals surface area contributed by atoms with E-state index in [4.69, 9.17) is 18.9 Å². The van der Waals surface area contributed by atoms with E-state index in [0.717, 1.165) is 29.9 Å². The standard InChI is InChI=1S/C26H33N3O6/c1-18(14-20-6-8-22(32-3)24(16-20)33-4)19(2)15-21-7-9-23(25(17-21)34-5)35-13-12-28-11-10-27-26(28)29(30)31/h6-11,16-19H,12-15H2,1-5H3/t18-,19+/m1/s1. The fourth-order valence-electron chi connectivity index (χ4n) is 4.01. The Morgan fingerprint density at radius 3 is 1.97 bits per heavy atom. The Hall–Kier alpha value is -3.75. The van der Waals surface area contributed by atoms with Gasteiger partial charge in [-0.3, -0.25) is 0 Å². The molecular formula is C26H33N3O6. The van der Waals surface area contributed by atoms with Gasteiger partial charge in [0.2, 0.25) is 0 Å². The van der Waals surface area contributed by atoms with Gasteiger partial charge in [0.05, 0.1) is 21.3 Å². The number of hydrogen-bond acceptors (Lipinski definition) is 7. The van der Waals surface area contributed by atoms with Gasteiger partial charge in [-0.1, -0.05) is 31.0 Å². The van der Waals surface area contributed by atoms with Crippen molar-refractivity contribution in [3.8, 4) is 23.0 Å². The van der Waals surface area contributed by atoms with Gasteiger partial charge in [0.15, 0.2) is 23.0 Å². The molecule has 0 saturated heterocycles. The number of aromatic nitrogens is 2. The zero-order valence-electron chi connectivity index (χ0n) is 20.9. The van der Waals surface area contributed by atoms with Crippen LogP contribution in [0.25, 0.3) is 0 Å². The normalized spacial score (nSPS) is 12.6. The molecule has 1 heterocycles. The van der Waals surface area contributed by atoms with Gasteiger partial charge in [-0.05, 0) is 65.0 Å². The molecule has 2 atom stereocenters. The molecule has 0 N–H and O–H groups in total. The van der Waals surface area contributed by atoms with Crippen LogP contribution in [-0.2, 0) is 19.4 Å². The van der Waals surface area contributed by atoms with E-state index < -0.39 is 4.92 Å². The summed E-state index contributed by atoms with van der Waals surface area (Å²) < 4.78 is 23.6. The number of imidazole rings is 1. The van der Waals surface area contributed by atoms with Crippen LogP contribution in [-0.4, -0.2) is 42.4 Å². The quantitative estimate of drug-likeness (QED) is 0.250. The van der Waals surface area contributed by atoms with E-state index in [9.17, 15) is 10.1 Å². The molecule has 3 aromatic rings. The summed E-state index contributed by atoms with van der Waals surface area (Å²) in [5.41, 5.74) is 2.37. The molecule has 1 aromatic heterocycles. The molecule has 3 rings (SSSR count). The first-order valence-corrected chi connectivity index (χ1v) is 11.5. The van der Waals surface area contributed by atoms with Gasteiger partial charge in [0.1, 0.15) is 25.5 Å². The van der Waals surface area contributed by atoms with Crippen molar-refractivity contribution in [3.63, 3.8) is 0 Å². The molecule has 0 aliphatic rings. The predicted octanol–water partition coefficient (Wildman–Crippen LogP) is 4.95. The number of ether oxygens (including phenoxy) is 4. The molecule has 0 spiro atoms. The van der Waals surface area contributed by atoms with Crippen LogP contribution in [0.1, 0.15) is 25.0 Å². The summed E-state index contributed by atoms with van der Waals surface area (Å²) in [6.45, 7) is 5.07. The minimum atomic E-state index is -0.511. The Labute approximate surface area is 205 Å². The van der Waals surface area contributed by atoms with Crippen molar-refractivity contribution >= 4 is 5.95 Å². The lowest BCUT2D eigenvalue weighted by molar-refractivity contribution is -0.396. The lowest BCUT2D eigenvalue weighted by Crippen LogP contribution is -2.14. The van der Waals surface area contributed by atoms with Crippen molar-refractivity contribution in [2.45, 2.75) is 33.2 Å². The molecule has 2 aromatic carbocycles. The molecule has 188 valence electrons. The van der Waals surface area contributed by atoms with Gasteiger partial charge in [0.25, 0.3) is 0 Å². The second kappa shape index (κ2) is 12.1. The first-order valence-electron chi connectivity index (χ1n) is 11.5. The summed E-state index contributed by atoms with van der Waals surface area (Å²) in [5.74, 6) is 3.39. The highest BCUT2D eigenvalue weighted by Gasteiger charge is 2.17. The Kier molecular flexibility index (Phi) is 8.94. The summed E-state index contributed by atoms with van der Waals surface area (Å²) in [6, 6.07) is 12.0. The van der Waals surface area contributed by atoms with E-state index in [1.165, 1.54) is 16.3 Å². The Bertz CT molecular complexity index is 1130. The van der Waals surface area contributed by atoms with Crippen LogP contribution in [0.2, 0.25) is 0 Å². The SMILES string of the molecule is COc1ccc(C[C@@H](C)[C@@H](C)Cc2ccc(OCCn3ccnc3[N+](=O)[O-])c(OC)c2)cc1OC. The molecule has 0 saturated carbocycles. The predicted molar refractivity (Wildman–Crippen MR) is 133 cm³/mol. The maximum atomic E-state index is 11.0. The van der Waals surface area contributed by atoms with Crippen molar-refractivity contribution in [2.24, 2.45) is 11.8 Å². The van der Waals surface area contributed by atoms with Crippen LogP contribution >= 0.6 is 0 Å². The van der Waals surface area contributed by atoms with E-state index in [1.54, 1.807) is 27.5 Å². The molecule has 0 radical (unpaired) electrons. The topological polar surface area (TPSA) is 97.9 Å².